The first-order valence-electron chi connectivity index (χ1n) is 8.79. The van der Waals surface area contributed by atoms with Crippen LogP contribution in [0.3, 0.4) is 0 Å². The first-order chi connectivity index (χ1) is 10.0. The molecule has 21 heavy (non-hydrogen) atoms. The third kappa shape index (κ3) is 4.43. The molecule has 0 aromatic heterocycles. The number of amides is 1. The summed E-state index contributed by atoms with van der Waals surface area (Å²) in [6.45, 7) is 12.0. The van der Waals surface area contributed by atoms with Gasteiger partial charge in [0.1, 0.15) is 0 Å². The molecule has 1 amide bonds. The normalized spacial score (nSPS) is 21.8. The fourth-order valence-corrected chi connectivity index (χ4v) is 3.82. The fourth-order valence-electron chi connectivity index (χ4n) is 3.82. The molecule has 0 unspecified atom stereocenters. The number of rotatable bonds is 5. The van der Waals surface area contributed by atoms with Gasteiger partial charge in [0.25, 0.3) is 0 Å². The van der Waals surface area contributed by atoms with Gasteiger partial charge in [0.2, 0.25) is 5.91 Å². The van der Waals surface area contributed by atoms with Crippen LogP contribution in [0.25, 0.3) is 0 Å². The number of piperazine rings is 1. The zero-order chi connectivity index (χ0) is 15.3. The molecule has 2 aliphatic rings. The van der Waals surface area contributed by atoms with Crippen LogP contribution in [0.4, 0.5) is 0 Å². The molecule has 1 saturated carbocycles. The van der Waals surface area contributed by atoms with Crippen LogP contribution in [0.2, 0.25) is 0 Å². The van der Waals surface area contributed by atoms with Crippen LogP contribution in [0.15, 0.2) is 0 Å². The van der Waals surface area contributed by atoms with Crippen molar-refractivity contribution in [3.05, 3.63) is 0 Å². The highest BCUT2D eigenvalue weighted by Gasteiger charge is 2.35. The molecule has 1 N–H and O–H groups in total. The van der Waals surface area contributed by atoms with E-state index in [1.54, 1.807) is 0 Å². The molecule has 0 radical (unpaired) electrons. The Morgan fingerprint density at radius 2 is 1.81 bits per heavy atom. The standard InChI is InChI=1S/C17H33N3O/c1-4-19(15-8-6-5-7-9-15)14-17(2,3)16(21)20-12-10-18-11-13-20/h15,18H,4-14H2,1-3H3. The van der Waals surface area contributed by atoms with Crippen LogP contribution < -0.4 is 5.32 Å². The average molecular weight is 295 g/mol. The Balaban J connectivity index is 1.94. The summed E-state index contributed by atoms with van der Waals surface area (Å²) in [4.78, 5) is 17.4. The summed E-state index contributed by atoms with van der Waals surface area (Å²) in [5.74, 6) is 0.332. The lowest BCUT2D eigenvalue weighted by atomic mass is 9.87. The van der Waals surface area contributed by atoms with E-state index in [-0.39, 0.29) is 5.41 Å². The molecular formula is C17H33N3O. The molecule has 4 heteroatoms. The van der Waals surface area contributed by atoms with Crippen molar-refractivity contribution in [3.63, 3.8) is 0 Å². The zero-order valence-corrected chi connectivity index (χ0v) is 14.2. The quantitative estimate of drug-likeness (QED) is 0.844. The molecule has 0 bridgehead atoms. The minimum atomic E-state index is -0.273. The minimum Gasteiger partial charge on any atom is -0.340 e. The van der Waals surface area contributed by atoms with Gasteiger partial charge < -0.3 is 10.2 Å². The van der Waals surface area contributed by atoms with Gasteiger partial charge in [0, 0.05) is 38.8 Å². The second-order valence-corrected chi connectivity index (χ2v) is 7.28. The summed E-state index contributed by atoms with van der Waals surface area (Å²) < 4.78 is 0. The second-order valence-electron chi connectivity index (χ2n) is 7.28. The lowest BCUT2D eigenvalue weighted by Gasteiger charge is -2.41. The minimum absolute atomic E-state index is 0.273. The smallest absolute Gasteiger partial charge is 0.229 e. The van der Waals surface area contributed by atoms with Crippen molar-refractivity contribution in [1.29, 1.82) is 0 Å². The van der Waals surface area contributed by atoms with Crippen molar-refractivity contribution in [2.45, 2.75) is 58.9 Å². The van der Waals surface area contributed by atoms with Gasteiger partial charge in [-0.2, -0.15) is 0 Å². The summed E-state index contributed by atoms with van der Waals surface area (Å²) in [5, 5.41) is 3.32. The van der Waals surface area contributed by atoms with Crippen molar-refractivity contribution < 1.29 is 4.79 Å². The van der Waals surface area contributed by atoms with Gasteiger partial charge in [-0.05, 0) is 33.2 Å². The maximum Gasteiger partial charge on any atom is 0.229 e. The number of nitrogens with zero attached hydrogens (tertiary/aromatic N) is 2. The average Bonchev–Trinajstić information content (AvgIpc) is 2.53. The van der Waals surface area contributed by atoms with Gasteiger partial charge >= 0.3 is 0 Å². The number of carbonyl (C=O) groups excluding carboxylic acids is 1. The Morgan fingerprint density at radius 3 is 2.38 bits per heavy atom. The third-order valence-electron chi connectivity index (χ3n) is 5.08. The van der Waals surface area contributed by atoms with Gasteiger partial charge in [-0.15, -0.1) is 0 Å². The highest BCUT2D eigenvalue weighted by Crippen LogP contribution is 2.27. The Bertz CT molecular complexity index is 331. The number of hydrogen-bond donors (Lipinski definition) is 1. The largest absolute Gasteiger partial charge is 0.340 e. The van der Waals surface area contributed by atoms with Crippen LogP contribution in [0.5, 0.6) is 0 Å². The highest BCUT2D eigenvalue weighted by atomic mass is 16.2. The van der Waals surface area contributed by atoms with E-state index >= 15 is 0 Å². The summed E-state index contributed by atoms with van der Waals surface area (Å²) in [6.07, 6.45) is 6.72. The van der Waals surface area contributed by atoms with Gasteiger partial charge in [-0.1, -0.05) is 26.2 Å². The summed E-state index contributed by atoms with van der Waals surface area (Å²) in [7, 11) is 0. The van der Waals surface area contributed by atoms with Crippen molar-refractivity contribution >= 4 is 5.91 Å². The molecule has 0 aromatic carbocycles. The fraction of sp³-hybridized carbons (Fsp3) is 0.941. The molecule has 0 aromatic rings. The van der Waals surface area contributed by atoms with Crippen LogP contribution in [-0.2, 0) is 4.79 Å². The van der Waals surface area contributed by atoms with E-state index in [4.69, 9.17) is 0 Å². The van der Waals surface area contributed by atoms with Gasteiger partial charge in [0.15, 0.2) is 0 Å². The van der Waals surface area contributed by atoms with E-state index in [1.165, 1.54) is 32.1 Å². The molecule has 2 rings (SSSR count). The van der Waals surface area contributed by atoms with Crippen molar-refractivity contribution in [3.8, 4) is 0 Å². The van der Waals surface area contributed by atoms with Crippen molar-refractivity contribution in [2.75, 3.05) is 39.3 Å². The third-order valence-corrected chi connectivity index (χ3v) is 5.08. The van der Waals surface area contributed by atoms with Gasteiger partial charge in [-0.25, -0.2) is 0 Å². The Labute approximate surface area is 130 Å². The first-order valence-corrected chi connectivity index (χ1v) is 8.79. The van der Waals surface area contributed by atoms with E-state index in [1.807, 2.05) is 4.90 Å². The lowest BCUT2D eigenvalue weighted by Crippen LogP contribution is -2.54. The van der Waals surface area contributed by atoms with Crippen LogP contribution in [0, 0.1) is 5.41 Å². The van der Waals surface area contributed by atoms with Crippen molar-refractivity contribution in [1.82, 2.24) is 15.1 Å². The Kier molecular flexibility index (Phi) is 6.06. The van der Waals surface area contributed by atoms with Crippen LogP contribution in [-0.4, -0.2) is 61.0 Å². The predicted molar refractivity (Wildman–Crippen MR) is 87.4 cm³/mol. The van der Waals surface area contributed by atoms with E-state index in [9.17, 15) is 4.79 Å². The molecule has 1 aliphatic carbocycles. The zero-order valence-electron chi connectivity index (χ0n) is 14.2. The maximum absolute atomic E-state index is 12.8. The van der Waals surface area contributed by atoms with E-state index in [0.29, 0.717) is 11.9 Å². The molecular weight excluding hydrogens is 262 g/mol. The summed E-state index contributed by atoms with van der Waals surface area (Å²) >= 11 is 0. The van der Waals surface area contributed by atoms with Crippen molar-refractivity contribution in [2.24, 2.45) is 5.41 Å². The number of nitrogens with one attached hydrogen (secondary N) is 1. The van der Waals surface area contributed by atoms with E-state index in [0.717, 1.165) is 39.3 Å². The summed E-state index contributed by atoms with van der Waals surface area (Å²) in [6, 6.07) is 0.693. The monoisotopic (exact) mass is 295 g/mol. The number of carbonyl (C=O) groups is 1. The van der Waals surface area contributed by atoms with Gasteiger partial charge in [-0.3, -0.25) is 9.69 Å². The molecule has 2 fully saturated rings. The molecule has 0 atom stereocenters. The molecule has 1 saturated heterocycles. The van der Waals surface area contributed by atoms with Gasteiger partial charge in [0.05, 0.1) is 5.41 Å². The molecule has 4 nitrogen and oxygen atoms in total. The second kappa shape index (κ2) is 7.59. The summed E-state index contributed by atoms with van der Waals surface area (Å²) in [5.41, 5.74) is -0.273. The molecule has 0 spiro atoms. The molecule has 1 aliphatic heterocycles. The van der Waals surface area contributed by atoms with Crippen LogP contribution >= 0.6 is 0 Å². The lowest BCUT2D eigenvalue weighted by molar-refractivity contribution is -0.142. The first kappa shape index (κ1) is 16.8. The topological polar surface area (TPSA) is 35.6 Å². The SMILES string of the molecule is CCN(CC(C)(C)C(=O)N1CCNCC1)C1CCCCC1. The number of hydrogen-bond acceptors (Lipinski definition) is 3. The van der Waals surface area contributed by atoms with E-state index < -0.39 is 0 Å². The van der Waals surface area contributed by atoms with Crippen LogP contribution in [0.1, 0.15) is 52.9 Å². The Morgan fingerprint density at radius 1 is 1.19 bits per heavy atom. The maximum atomic E-state index is 12.8. The molecule has 1 heterocycles. The highest BCUT2D eigenvalue weighted by molar-refractivity contribution is 5.82. The Hall–Kier alpha value is -0.610. The predicted octanol–water partition coefficient (Wildman–Crippen LogP) is 2.10. The van der Waals surface area contributed by atoms with E-state index in [2.05, 4.69) is 31.0 Å². The molecule has 122 valence electrons.